The summed E-state index contributed by atoms with van der Waals surface area (Å²) in [4.78, 5) is 13.4. The molecule has 8 heteroatoms. The summed E-state index contributed by atoms with van der Waals surface area (Å²) in [6, 6.07) is 0. The first kappa shape index (κ1) is 17.5. The number of carbonyl (C=O) groups excluding carboxylic acids is 1. The number of nitrogens with one attached hydrogen (secondary N) is 1. The molecule has 0 saturated heterocycles. The molecule has 1 heterocycles. The van der Waals surface area contributed by atoms with Crippen LogP contribution in [-0.4, -0.2) is 47.8 Å². The van der Waals surface area contributed by atoms with Gasteiger partial charge < -0.3 is 10.2 Å². The Hall–Kier alpha value is -1.57. The highest BCUT2D eigenvalue weighted by atomic mass is 19.4. The minimum Gasteiger partial charge on any atom is -0.340 e. The molecule has 0 saturated carbocycles. The summed E-state index contributed by atoms with van der Waals surface area (Å²) in [5, 5.41) is 6.61. The van der Waals surface area contributed by atoms with Crippen LogP contribution in [0.25, 0.3) is 0 Å². The average molecular weight is 306 g/mol. The van der Waals surface area contributed by atoms with Crippen LogP contribution in [0, 0.1) is 0 Å². The molecule has 21 heavy (non-hydrogen) atoms. The van der Waals surface area contributed by atoms with E-state index in [9.17, 15) is 18.0 Å². The van der Waals surface area contributed by atoms with Crippen LogP contribution in [0.5, 0.6) is 0 Å². The van der Waals surface area contributed by atoms with Crippen LogP contribution in [0.15, 0.2) is 6.20 Å². The van der Waals surface area contributed by atoms with Gasteiger partial charge >= 0.3 is 6.18 Å². The molecule has 0 spiro atoms. The lowest BCUT2D eigenvalue weighted by atomic mass is 10.1. The second kappa shape index (κ2) is 6.05. The second-order valence-electron chi connectivity index (χ2n) is 5.82. The van der Waals surface area contributed by atoms with E-state index in [4.69, 9.17) is 0 Å². The first-order valence-corrected chi connectivity index (χ1v) is 6.56. The summed E-state index contributed by atoms with van der Waals surface area (Å²) >= 11 is 0. The fourth-order valence-electron chi connectivity index (χ4n) is 1.87. The molecule has 1 amide bonds. The summed E-state index contributed by atoms with van der Waals surface area (Å²) in [5.41, 5.74) is -2.29. The zero-order valence-corrected chi connectivity index (χ0v) is 12.9. The Labute approximate surface area is 122 Å². The van der Waals surface area contributed by atoms with Crippen molar-refractivity contribution in [3.63, 3.8) is 0 Å². The van der Waals surface area contributed by atoms with Gasteiger partial charge in [-0.15, -0.1) is 0 Å². The van der Waals surface area contributed by atoms with Gasteiger partial charge in [0, 0.05) is 20.1 Å². The van der Waals surface area contributed by atoms with Crippen LogP contribution in [-0.2, 0) is 11.7 Å². The van der Waals surface area contributed by atoms with Gasteiger partial charge in [0.25, 0.3) is 5.91 Å². The van der Waals surface area contributed by atoms with Crippen LogP contribution >= 0.6 is 0 Å². The van der Waals surface area contributed by atoms with Gasteiger partial charge in [-0.2, -0.15) is 18.3 Å². The molecular formula is C13H21F3N4O. The maximum Gasteiger partial charge on any atom is 0.433 e. The van der Waals surface area contributed by atoms with Crippen LogP contribution in [0.2, 0.25) is 0 Å². The number of amides is 1. The second-order valence-corrected chi connectivity index (χ2v) is 5.82. The third kappa shape index (κ3) is 3.96. The monoisotopic (exact) mass is 306 g/mol. The molecule has 0 aliphatic heterocycles. The van der Waals surface area contributed by atoms with Gasteiger partial charge in [-0.3, -0.25) is 9.48 Å². The Balaban J connectivity index is 3.26. The molecule has 0 aliphatic rings. The van der Waals surface area contributed by atoms with E-state index < -0.39 is 28.9 Å². The summed E-state index contributed by atoms with van der Waals surface area (Å²) in [6.45, 7) is 5.63. The van der Waals surface area contributed by atoms with Crippen molar-refractivity contribution in [2.45, 2.75) is 32.5 Å². The van der Waals surface area contributed by atoms with Crippen LogP contribution in [0.1, 0.15) is 36.8 Å². The standard InChI is InChI=1S/C13H21F3N4O/c1-12(2,3)20-10(13(14,15)16)9(8-18-20)11(21)19(5)7-6-17-4/h8,17H,6-7H2,1-5H3. The van der Waals surface area contributed by atoms with E-state index >= 15 is 0 Å². The number of aromatic nitrogens is 2. The van der Waals surface area contributed by atoms with Crippen molar-refractivity contribution in [1.82, 2.24) is 20.0 Å². The SMILES string of the molecule is CNCCN(C)C(=O)c1cnn(C(C)(C)C)c1C(F)(F)F. The molecule has 0 unspecified atom stereocenters. The molecule has 1 aromatic heterocycles. The van der Waals surface area contributed by atoms with Crippen molar-refractivity contribution in [3.05, 3.63) is 17.5 Å². The molecule has 5 nitrogen and oxygen atoms in total. The molecule has 120 valence electrons. The zero-order chi connectivity index (χ0) is 16.4. The average Bonchev–Trinajstić information content (AvgIpc) is 2.79. The number of hydrogen-bond donors (Lipinski definition) is 1. The number of nitrogens with zero attached hydrogens (tertiary/aromatic N) is 3. The first-order chi connectivity index (χ1) is 9.50. The normalized spacial score (nSPS) is 12.6. The summed E-state index contributed by atoms with van der Waals surface area (Å²) in [6.07, 6.45) is -3.65. The molecule has 1 aromatic rings. The Morgan fingerprint density at radius 3 is 2.38 bits per heavy atom. The smallest absolute Gasteiger partial charge is 0.340 e. The third-order valence-electron chi connectivity index (χ3n) is 2.95. The van der Waals surface area contributed by atoms with Crippen molar-refractivity contribution in [3.8, 4) is 0 Å². The summed E-state index contributed by atoms with van der Waals surface area (Å²) < 4.78 is 40.8. The molecule has 1 rings (SSSR count). The van der Waals surface area contributed by atoms with Crippen molar-refractivity contribution in [2.24, 2.45) is 0 Å². The van der Waals surface area contributed by atoms with E-state index in [2.05, 4.69) is 10.4 Å². The van der Waals surface area contributed by atoms with Crippen LogP contribution < -0.4 is 5.32 Å². The number of hydrogen-bond acceptors (Lipinski definition) is 3. The molecule has 0 bridgehead atoms. The van der Waals surface area contributed by atoms with Crippen molar-refractivity contribution in [1.29, 1.82) is 0 Å². The van der Waals surface area contributed by atoms with Gasteiger partial charge in [-0.25, -0.2) is 0 Å². The Morgan fingerprint density at radius 2 is 1.95 bits per heavy atom. The topological polar surface area (TPSA) is 50.2 Å². The molecular weight excluding hydrogens is 285 g/mol. The van der Waals surface area contributed by atoms with E-state index in [1.165, 1.54) is 11.9 Å². The summed E-state index contributed by atoms with van der Waals surface area (Å²) in [7, 11) is 3.17. The number of carbonyl (C=O) groups is 1. The highest BCUT2D eigenvalue weighted by Crippen LogP contribution is 2.35. The van der Waals surface area contributed by atoms with E-state index in [0.717, 1.165) is 10.9 Å². The van der Waals surface area contributed by atoms with Crippen molar-refractivity contribution < 1.29 is 18.0 Å². The van der Waals surface area contributed by atoms with E-state index in [1.807, 2.05) is 0 Å². The van der Waals surface area contributed by atoms with Crippen LogP contribution in [0.3, 0.4) is 0 Å². The molecule has 0 aliphatic carbocycles. The van der Waals surface area contributed by atoms with Gasteiger partial charge in [-0.1, -0.05) is 0 Å². The van der Waals surface area contributed by atoms with Gasteiger partial charge in [0.2, 0.25) is 0 Å². The fraction of sp³-hybridized carbons (Fsp3) is 0.692. The molecule has 0 fully saturated rings. The van der Waals surface area contributed by atoms with Gasteiger partial charge in [0.15, 0.2) is 5.69 Å². The fourth-order valence-corrected chi connectivity index (χ4v) is 1.87. The maximum atomic E-state index is 13.3. The number of rotatable bonds is 4. The van der Waals surface area contributed by atoms with Gasteiger partial charge in [0.1, 0.15) is 0 Å². The predicted octanol–water partition coefficient (Wildman–Crippen LogP) is 1.95. The lowest BCUT2D eigenvalue weighted by molar-refractivity contribution is -0.146. The molecule has 0 atom stereocenters. The lowest BCUT2D eigenvalue weighted by Gasteiger charge is -2.24. The van der Waals surface area contributed by atoms with E-state index in [0.29, 0.717) is 13.1 Å². The van der Waals surface area contributed by atoms with Crippen LogP contribution in [0.4, 0.5) is 13.2 Å². The molecule has 0 radical (unpaired) electrons. The number of alkyl halides is 3. The Morgan fingerprint density at radius 1 is 1.38 bits per heavy atom. The minimum absolute atomic E-state index is 0.313. The highest BCUT2D eigenvalue weighted by Gasteiger charge is 2.42. The van der Waals surface area contributed by atoms with E-state index in [1.54, 1.807) is 27.8 Å². The quantitative estimate of drug-likeness (QED) is 0.925. The zero-order valence-electron chi connectivity index (χ0n) is 12.9. The molecule has 1 N–H and O–H groups in total. The third-order valence-corrected chi connectivity index (χ3v) is 2.95. The minimum atomic E-state index is -4.64. The number of likely N-dealkylation sites (N-methyl/N-ethyl adjacent to an activating group) is 2. The van der Waals surface area contributed by atoms with Gasteiger partial charge in [-0.05, 0) is 27.8 Å². The maximum absolute atomic E-state index is 13.3. The van der Waals surface area contributed by atoms with Crippen molar-refractivity contribution >= 4 is 5.91 Å². The Kier molecular flexibility index (Phi) is 5.03. The lowest BCUT2D eigenvalue weighted by Crippen LogP contribution is -2.35. The summed E-state index contributed by atoms with van der Waals surface area (Å²) in [5.74, 6) is -0.687. The highest BCUT2D eigenvalue weighted by molar-refractivity contribution is 5.95. The number of halogens is 3. The molecule has 0 aromatic carbocycles. The Bertz CT molecular complexity index is 502. The first-order valence-electron chi connectivity index (χ1n) is 6.56. The van der Waals surface area contributed by atoms with E-state index in [-0.39, 0.29) is 0 Å². The predicted molar refractivity (Wildman–Crippen MR) is 73.1 cm³/mol. The van der Waals surface area contributed by atoms with Crippen molar-refractivity contribution in [2.75, 3.05) is 27.2 Å². The largest absolute Gasteiger partial charge is 0.433 e. The van der Waals surface area contributed by atoms with Gasteiger partial charge in [0.05, 0.1) is 17.3 Å².